The van der Waals surface area contributed by atoms with E-state index in [9.17, 15) is 0 Å². The van der Waals surface area contributed by atoms with Crippen molar-refractivity contribution in [1.82, 2.24) is 14.9 Å². The van der Waals surface area contributed by atoms with Gasteiger partial charge in [0.25, 0.3) is 0 Å². The topological polar surface area (TPSA) is 60.6 Å². The van der Waals surface area contributed by atoms with Gasteiger partial charge in [0, 0.05) is 36.4 Å². The van der Waals surface area contributed by atoms with E-state index in [1.807, 2.05) is 43.5 Å². The molecule has 33 heavy (non-hydrogen) atoms. The summed E-state index contributed by atoms with van der Waals surface area (Å²) in [5.41, 5.74) is 3.08. The molecular weight excluding hydrogens is 414 g/mol. The highest BCUT2D eigenvalue weighted by atomic mass is 16.5. The normalized spacial score (nSPS) is 16.8. The third kappa shape index (κ3) is 4.77. The van der Waals surface area contributed by atoms with E-state index in [2.05, 4.69) is 28.1 Å². The van der Waals surface area contributed by atoms with E-state index >= 15 is 0 Å². The summed E-state index contributed by atoms with van der Waals surface area (Å²) in [5.74, 6) is 2.37. The van der Waals surface area contributed by atoms with Gasteiger partial charge in [0.15, 0.2) is 0 Å². The smallest absolute Gasteiger partial charge is 0.227 e. The van der Waals surface area contributed by atoms with Gasteiger partial charge in [0.1, 0.15) is 11.5 Å². The lowest BCUT2D eigenvalue weighted by molar-refractivity contribution is -0.0124. The van der Waals surface area contributed by atoms with Crippen molar-refractivity contribution in [3.63, 3.8) is 0 Å². The van der Waals surface area contributed by atoms with Crippen LogP contribution >= 0.6 is 0 Å². The monoisotopic (exact) mass is 443 g/mol. The number of rotatable bonds is 7. The molecule has 1 saturated heterocycles. The number of benzene rings is 2. The van der Waals surface area contributed by atoms with Gasteiger partial charge >= 0.3 is 0 Å². The van der Waals surface area contributed by atoms with Gasteiger partial charge in [0.05, 0.1) is 25.5 Å². The number of piperidine rings is 1. The van der Waals surface area contributed by atoms with Crippen LogP contribution in [0.2, 0.25) is 0 Å². The van der Waals surface area contributed by atoms with Crippen LogP contribution in [0.15, 0.2) is 65.3 Å². The molecule has 1 atom stereocenters. The second kappa shape index (κ2) is 9.73. The number of hydrogen-bond donors (Lipinski definition) is 0. The Morgan fingerprint density at radius 3 is 2.79 bits per heavy atom. The molecule has 1 aliphatic heterocycles. The second-order valence-electron chi connectivity index (χ2n) is 8.55. The van der Waals surface area contributed by atoms with Crippen molar-refractivity contribution in [2.24, 2.45) is 0 Å². The molecule has 0 aliphatic carbocycles. The van der Waals surface area contributed by atoms with E-state index in [-0.39, 0.29) is 6.10 Å². The van der Waals surface area contributed by atoms with Gasteiger partial charge in [-0.2, -0.15) is 0 Å². The van der Waals surface area contributed by atoms with Gasteiger partial charge in [-0.25, -0.2) is 4.98 Å². The van der Waals surface area contributed by atoms with Crippen LogP contribution in [0.1, 0.15) is 29.9 Å². The van der Waals surface area contributed by atoms with Crippen LogP contribution in [-0.2, 0) is 17.9 Å². The summed E-state index contributed by atoms with van der Waals surface area (Å²) in [5, 5.41) is 2.13. The Morgan fingerprint density at radius 2 is 1.97 bits per heavy atom. The van der Waals surface area contributed by atoms with Gasteiger partial charge in [-0.1, -0.05) is 30.3 Å². The van der Waals surface area contributed by atoms with Crippen LogP contribution in [0.3, 0.4) is 0 Å². The molecule has 2 aromatic heterocycles. The number of aromatic nitrogens is 2. The minimum atomic E-state index is 0.219. The Kier molecular flexibility index (Phi) is 6.37. The van der Waals surface area contributed by atoms with Crippen molar-refractivity contribution in [2.75, 3.05) is 20.2 Å². The molecule has 5 rings (SSSR count). The van der Waals surface area contributed by atoms with Crippen molar-refractivity contribution in [1.29, 1.82) is 0 Å². The second-order valence-corrected chi connectivity index (χ2v) is 8.55. The number of nitrogens with zero attached hydrogens (tertiary/aromatic N) is 3. The number of aryl methyl sites for hydroxylation is 1. The Labute approximate surface area is 194 Å². The molecule has 0 spiro atoms. The van der Waals surface area contributed by atoms with Crippen LogP contribution in [0.25, 0.3) is 22.2 Å². The third-order valence-corrected chi connectivity index (χ3v) is 6.27. The lowest BCUT2D eigenvalue weighted by atomic mass is 10.0. The predicted octanol–water partition coefficient (Wildman–Crippen LogP) is 5.39. The Morgan fingerprint density at radius 1 is 1.09 bits per heavy atom. The summed E-state index contributed by atoms with van der Waals surface area (Å²) >= 11 is 0. The molecular formula is C27H29N3O3. The largest absolute Gasteiger partial charge is 0.496 e. The molecule has 0 bridgehead atoms. The first kappa shape index (κ1) is 21.6. The molecule has 6 heteroatoms. The molecule has 1 aliphatic rings. The quantitative estimate of drug-likeness (QED) is 0.382. The van der Waals surface area contributed by atoms with Gasteiger partial charge in [-0.05, 0) is 55.5 Å². The van der Waals surface area contributed by atoms with E-state index in [0.29, 0.717) is 12.5 Å². The van der Waals surface area contributed by atoms with Gasteiger partial charge in [-0.15, -0.1) is 0 Å². The SMILES string of the molecule is COc1ccc(-c2nc(CN3CCC[C@@H](OCc4cccnc4)C3)c(C)o2)c2ccccc12. The zero-order valence-corrected chi connectivity index (χ0v) is 19.2. The number of oxazole rings is 1. The lowest BCUT2D eigenvalue weighted by Gasteiger charge is -2.32. The molecule has 3 heterocycles. The van der Waals surface area contributed by atoms with Gasteiger partial charge in [0.2, 0.25) is 5.89 Å². The van der Waals surface area contributed by atoms with E-state index in [4.69, 9.17) is 18.9 Å². The highest BCUT2D eigenvalue weighted by molar-refractivity contribution is 5.98. The molecule has 0 radical (unpaired) electrons. The number of pyridine rings is 1. The Balaban J connectivity index is 1.30. The standard InChI is InChI=1S/C27H29N3O3/c1-19-25(17-30-14-6-8-21(16-30)32-18-20-7-5-13-28-15-20)29-27(33-19)24-11-12-26(31-2)23-10-4-3-9-22(23)24/h3-5,7,9-13,15,21H,6,8,14,16-18H2,1-2H3/t21-/m1/s1. The van der Waals surface area contributed by atoms with Crippen molar-refractivity contribution in [3.05, 3.63) is 77.9 Å². The zero-order valence-electron chi connectivity index (χ0n) is 19.2. The minimum Gasteiger partial charge on any atom is -0.496 e. The van der Waals surface area contributed by atoms with Crippen molar-refractivity contribution in [3.8, 4) is 17.2 Å². The molecule has 2 aromatic carbocycles. The number of fused-ring (bicyclic) bond motifs is 1. The molecule has 1 fully saturated rings. The molecule has 0 saturated carbocycles. The maximum Gasteiger partial charge on any atom is 0.227 e. The average molecular weight is 444 g/mol. The molecule has 170 valence electrons. The van der Waals surface area contributed by atoms with Crippen LogP contribution < -0.4 is 4.74 Å². The van der Waals surface area contributed by atoms with Gasteiger partial charge < -0.3 is 13.9 Å². The molecule has 6 nitrogen and oxygen atoms in total. The summed E-state index contributed by atoms with van der Waals surface area (Å²) < 4.78 is 17.8. The summed E-state index contributed by atoms with van der Waals surface area (Å²) in [4.78, 5) is 11.5. The summed E-state index contributed by atoms with van der Waals surface area (Å²) in [6.07, 6.45) is 6.07. The molecule has 0 N–H and O–H groups in total. The van der Waals surface area contributed by atoms with Crippen LogP contribution in [0.5, 0.6) is 5.75 Å². The number of methoxy groups -OCH3 is 1. The number of hydrogen-bond acceptors (Lipinski definition) is 6. The lowest BCUT2D eigenvalue weighted by Crippen LogP contribution is -2.39. The van der Waals surface area contributed by atoms with Crippen LogP contribution in [0.4, 0.5) is 0 Å². The fourth-order valence-corrected chi connectivity index (χ4v) is 4.53. The number of ether oxygens (including phenoxy) is 2. The first-order valence-electron chi connectivity index (χ1n) is 11.5. The maximum atomic E-state index is 6.17. The fraction of sp³-hybridized carbons (Fsp3) is 0.333. The predicted molar refractivity (Wildman–Crippen MR) is 128 cm³/mol. The summed E-state index contributed by atoms with van der Waals surface area (Å²) in [7, 11) is 1.70. The summed E-state index contributed by atoms with van der Waals surface area (Å²) in [6.45, 7) is 5.30. The van der Waals surface area contributed by atoms with Crippen molar-refractivity contribution >= 4 is 10.8 Å². The van der Waals surface area contributed by atoms with Crippen LogP contribution in [0, 0.1) is 6.92 Å². The van der Waals surface area contributed by atoms with Crippen molar-refractivity contribution < 1.29 is 13.9 Å². The summed E-state index contributed by atoms with van der Waals surface area (Å²) in [6, 6.07) is 16.2. The average Bonchev–Trinajstić information content (AvgIpc) is 3.22. The fourth-order valence-electron chi connectivity index (χ4n) is 4.53. The van der Waals surface area contributed by atoms with Crippen LogP contribution in [-0.4, -0.2) is 41.2 Å². The highest BCUT2D eigenvalue weighted by Crippen LogP contribution is 2.35. The third-order valence-electron chi connectivity index (χ3n) is 6.27. The van der Waals surface area contributed by atoms with E-state index in [1.165, 1.54) is 0 Å². The molecule has 4 aromatic rings. The van der Waals surface area contributed by atoms with Crippen molar-refractivity contribution in [2.45, 2.75) is 39.0 Å². The first-order chi connectivity index (χ1) is 16.2. The van der Waals surface area contributed by atoms with E-state index in [0.717, 1.165) is 71.6 Å². The Hall–Kier alpha value is -3.22. The highest BCUT2D eigenvalue weighted by Gasteiger charge is 2.23. The Bertz CT molecular complexity index is 1220. The zero-order chi connectivity index (χ0) is 22.6. The van der Waals surface area contributed by atoms with E-state index in [1.54, 1.807) is 13.3 Å². The molecule has 0 unspecified atom stereocenters. The first-order valence-corrected chi connectivity index (χ1v) is 11.5. The minimum absolute atomic E-state index is 0.219. The molecule has 0 amide bonds. The van der Waals surface area contributed by atoms with E-state index < -0.39 is 0 Å². The van der Waals surface area contributed by atoms with Gasteiger partial charge in [-0.3, -0.25) is 9.88 Å². The maximum absolute atomic E-state index is 6.17. The number of likely N-dealkylation sites (tertiary alicyclic amines) is 1.